The number of aromatic nitrogens is 1. The lowest BCUT2D eigenvalue weighted by atomic mass is 9.98. The molecule has 1 aliphatic rings. The van der Waals surface area contributed by atoms with Crippen molar-refractivity contribution < 1.29 is 47.6 Å². The minimum absolute atomic E-state index is 0.0712. The van der Waals surface area contributed by atoms with E-state index in [2.05, 4.69) is 11.6 Å². The van der Waals surface area contributed by atoms with Crippen LogP contribution in [0.1, 0.15) is 27.7 Å². The molecule has 0 saturated carbocycles. The monoisotopic (exact) mass is 543 g/mol. The molecule has 1 fully saturated rings. The van der Waals surface area contributed by atoms with Crippen LogP contribution in [0.2, 0.25) is 0 Å². The van der Waals surface area contributed by atoms with E-state index in [4.69, 9.17) is 28.4 Å². The molecule has 0 N–H and O–H groups in total. The average Bonchev–Trinajstić information content (AvgIpc) is 2.81. The SMILES string of the molecule is C=CC(CO[C@@H]1OC(COC(C)=O)[C@@H](OC(C)=O)[C@H](OC(C)=O)C1OC(C)=O)SSc1ccccn1. The van der Waals surface area contributed by atoms with Crippen molar-refractivity contribution in [3.8, 4) is 0 Å². The highest BCUT2D eigenvalue weighted by Gasteiger charge is 2.52. The van der Waals surface area contributed by atoms with E-state index in [1.54, 1.807) is 12.3 Å². The van der Waals surface area contributed by atoms with E-state index >= 15 is 0 Å². The molecule has 13 heteroatoms. The molecular formula is C23H29NO10S2. The second-order valence-corrected chi connectivity index (χ2v) is 9.98. The maximum absolute atomic E-state index is 11.9. The van der Waals surface area contributed by atoms with Crippen LogP contribution < -0.4 is 0 Å². The van der Waals surface area contributed by atoms with Gasteiger partial charge in [0.05, 0.1) is 11.9 Å². The van der Waals surface area contributed by atoms with Gasteiger partial charge in [-0.3, -0.25) is 19.2 Å². The van der Waals surface area contributed by atoms with Gasteiger partial charge in [-0.05, 0) is 22.9 Å². The highest BCUT2D eigenvalue weighted by Crippen LogP contribution is 2.35. The van der Waals surface area contributed by atoms with Crippen molar-refractivity contribution in [1.29, 1.82) is 0 Å². The lowest BCUT2D eigenvalue weighted by molar-refractivity contribution is -0.307. The van der Waals surface area contributed by atoms with Crippen molar-refractivity contribution in [2.24, 2.45) is 0 Å². The molecule has 3 unspecified atom stereocenters. The molecule has 1 aromatic heterocycles. The topological polar surface area (TPSA) is 137 Å². The molecule has 0 aliphatic carbocycles. The summed E-state index contributed by atoms with van der Waals surface area (Å²) in [4.78, 5) is 51.2. The average molecular weight is 544 g/mol. The fourth-order valence-electron chi connectivity index (χ4n) is 3.16. The van der Waals surface area contributed by atoms with Gasteiger partial charge in [0.15, 0.2) is 24.6 Å². The molecule has 1 aliphatic heterocycles. The Kier molecular flexibility index (Phi) is 12.2. The summed E-state index contributed by atoms with van der Waals surface area (Å²) >= 11 is 0. The summed E-state index contributed by atoms with van der Waals surface area (Å²) in [5.74, 6) is -2.72. The number of rotatable bonds is 12. The standard InChI is InChI=1S/C23H29NO10S2/c1-6-17(35-36-19-9-7-8-10-24-19)11-30-23-22(33-16(5)28)21(32-15(4)27)20(31-14(3)26)18(34-23)12-29-13(2)25/h6-10,17-18,20-23H,1,11-12H2,2-5H3/t17?,18?,20-,21+,22?,23-/m1/s1. The van der Waals surface area contributed by atoms with Crippen molar-refractivity contribution in [3.05, 3.63) is 37.1 Å². The summed E-state index contributed by atoms with van der Waals surface area (Å²) in [7, 11) is 2.86. The number of pyridine rings is 1. The van der Waals surface area contributed by atoms with Crippen LogP contribution in [-0.4, -0.2) is 78.0 Å². The zero-order chi connectivity index (χ0) is 26.7. The first kappa shape index (κ1) is 29.6. The number of carbonyl (C=O) groups is 4. The fourth-order valence-corrected chi connectivity index (χ4v) is 5.19. The maximum Gasteiger partial charge on any atom is 0.303 e. The third-order valence-electron chi connectivity index (χ3n) is 4.53. The Morgan fingerprint density at radius 1 is 1.00 bits per heavy atom. The zero-order valence-corrected chi connectivity index (χ0v) is 22.0. The summed E-state index contributed by atoms with van der Waals surface area (Å²) in [5.41, 5.74) is 0. The summed E-state index contributed by atoms with van der Waals surface area (Å²) in [6.45, 7) is 8.24. The van der Waals surface area contributed by atoms with Crippen LogP contribution >= 0.6 is 21.6 Å². The molecule has 2 rings (SSSR count). The summed E-state index contributed by atoms with van der Waals surface area (Å²) < 4.78 is 33.0. The lowest BCUT2D eigenvalue weighted by Gasteiger charge is -2.44. The Bertz CT molecular complexity index is 915. The molecule has 0 aromatic carbocycles. The van der Waals surface area contributed by atoms with Crippen molar-refractivity contribution in [1.82, 2.24) is 4.98 Å². The quantitative estimate of drug-likeness (QED) is 0.165. The molecule has 0 bridgehead atoms. The van der Waals surface area contributed by atoms with E-state index in [-0.39, 0.29) is 18.5 Å². The molecule has 1 aromatic rings. The number of carbonyl (C=O) groups excluding carboxylic acids is 4. The van der Waals surface area contributed by atoms with Gasteiger partial charge >= 0.3 is 23.9 Å². The van der Waals surface area contributed by atoms with E-state index in [0.29, 0.717) is 0 Å². The van der Waals surface area contributed by atoms with Crippen molar-refractivity contribution in [3.63, 3.8) is 0 Å². The number of hydrogen-bond acceptors (Lipinski definition) is 13. The lowest BCUT2D eigenvalue weighted by Crippen LogP contribution is -2.63. The van der Waals surface area contributed by atoms with E-state index < -0.39 is 54.6 Å². The van der Waals surface area contributed by atoms with Crippen LogP contribution in [0.25, 0.3) is 0 Å². The van der Waals surface area contributed by atoms with Gasteiger partial charge in [0.2, 0.25) is 0 Å². The van der Waals surface area contributed by atoms with Gasteiger partial charge < -0.3 is 28.4 Å². The first-order valence-electron chi connectivity index (χ1n) is 10.9. The minimum Gasteiger partial charge on any atom is -0.463 e. The van der Waals surface area contributed by atoms with Gasteiger partial charge in [-0.2, -0.15) is 0 Å². The second-order valence-electron chi connectivity index (χ2n) is 7.52. The Morgan fingerprint density at radius 2 is 1.64 bits per heavy atom. The van der Waals surface area contributed by atoms with Gasteiger partial charge in [-0.25, -0.2) is 4.98 Å². The largest absolute Gasteiger partial charge is 0.463 e. The Balaban J connectivity index is 2.25. The van der Waals surface area contributed by atoms with E-state index in [1.165, 1.54) is 35.4 Å². The van der Waals surface area contributed by atoms with Gasteiger partial charge in [0, 0.05) is 33.9 Å². The molecule has 1 saturated heterocycles. The third-order valence-corrected chi connectivity index (χ3v) is 7.16. The van der Waals surface area contributed by atoms with Crippen LogP contribution in [0.15, 0.2) is 42.1 Å². The summed E-state index contributed by atoms with van der Waals surface area (Å²) in [6.07, 6.45) is -2.76. The normalized spacial score (nSPS) is 24.2. The number of nitrogens with zero attached hydrogens (tertiary/aromatic N) is 1. The predicted octanol–water partition coefficient (Wildman–Crippen LogP) is 2.48. The van der Waals surface area contributed by atoms with Crippen LogP contribution in [0.4, 0.5) is 0 Å². The molecule has 198 valence electrons. The number of ether oxygens (including phenoxy) is 6. The summed E-state index contributed by atoms with van der Waals surface area (Å²) in [6, 6.07) is 5.54. The Morgan fingerprint density at radius 3 is 2.19 bits per heavy atom. The van der Waals surface area contributed by atoms with E-state index in [0.717, 1.165) is 18.9 Å². The highest BCUT2D eigenvalue weighted by molar-refractivity contribution is 8.77. The zero-order valence-electron chi connectivity index (χ0n) is 20.3. The van der Waals surface area contributed by atoms with Gasteiger partial charge in [0.1, 0.15) is 17.7 Å². The highest BCUT2D eigenvalue weighted by atomic mass is 33.1. The van der Waals surface area contributed by atoms with Crippen molar-refractivity contribution in [2.75, 3.05) is 13.2 Å². The molecule has 0 spiro atoms. The number of hydrogen-bond donors (Lipinski definition) is 0. The van der Waals surface area contributed by atoms with Crippen LogP contribution in [0, 0.1) is 0 Å². The molecular weight excluding hydrogens is 514 g/mol. The van der Waals surface area contributed by atoms with Gasteiger partial charge in [-0.15, -0.1) is 6.58 Å². The Labute approximate surface area is 216 Å². The predicted molar refractivity (Wildman–Crippen MR) is 130 cm³/mol. The molecule has 11 nitrogen and oxygen atoms in total. The molecule has 36 heavy (non-hydrogen) atoms. The Hall–Kier alpha value is -2.61. The van der Waals surface area contributed by atoms with Crippen LogP contribution in [-0.2, 0) is 47.6 Å². The molecule has 6 atom stereocenters. The van der Waals surface area contributed by atoms with Crippen LogP contribution in [0.5, 0.6) is 0 Å². The second kappa shape index (κ2) is 14.8. The first-order valence-corrected chi connectivity index (χ1v) is 13.1. The van der Waals surface area contributed by atoms with Gasteiger partial charge in [0.25, 0.3) is 0 Å². The molecule has 0 radical (unpaired) electrons. The van der Waals surface area contributed by atoms with Crippen molar-refractivity contribution >= 4 is 45.5 Å². The minimum atomic E-state index is -1.28. The van der Waals surface area contributed by atoms with E-state index in [1.807, 2.05) is 18.2 Å². The molecule has 2 heterocycles. The maximum atomic E-state index is 11.9. The third kappa shape index (κ3) is 9.80. The van der Waals surface area contributed by atoms with E-state index in [9.17, 15) is 19.2 Å². The van der Waals surface area contributed by atoms with Crippen molar-refractivity contribution in [2.45, 2.75) is 68.7 Å². The molecule has 0 amide bonds. The van der Waals surface area contributed by atoms with Gasteiger partial charge in [-0.1, -0.05) is 22.9 Å². The first-order chi connectivity index (χ1) is 17.1. The summed E-state index contributed by atoms with van der Waals surface area (Å²) in [5, 5.41) is 0.561. The number of esters is 4. The van der Waals surface area contributed by atoms with Crippen LogP contribution in [0.3, 0.4) is 0 Å². The smallest absolute Gasteiger partial charge is 0.303 e. The fraction of sp³-hybridized carbons (Fsp3) is 0.522.